The van der Waals surface area contributed by atoms with E-state index in [-0.39, 0.29) is 5.82 Å². The molecule has 0 saturated heterocycles. The van der Waals surface area contributed by atoms with E-state index < -0.39 is 0 Å². The van der Waals surface area contributed by atoms with Crippen molar-refractivity contribution in [1.29, 1.82) is 0 Å². The maximum absolute atomic E-state index is 12.9. The zero-order valence-electron chi connectivity index (χ0n) is 13.9. The number of hydrogen-bond donors (Lipinski definition) is 1. The summed E-state index contributed by atoms with van der Waals surface area (Å²) < 4.78 is 25.2. The van der Waals surface area contributed by atoms with Crippen molar-refractivity contribution in [2.24, 2.45) is 0 Å². The number of furan rings is 1. The van der Waals surface area contributed by atoms with Gasteiger partial charge in [-0.25, -0.2) is 14.1 Å². The van der Waals surface area contributed by atoms with Crippen LogP contribution in [0.3, 0.4) is 0 Å². The molecule has 0 aliphatic heterocycles. The number of ether oxygens (including phenoxy) is 1. The van der Waals surface area contributed by atoms with Crippen molar-refractivity contribution in [2.45, 2.75) is 17.5 Å². The van der Waals surface area contributed by atoms with Gasteiger partial charge in [0.05, 0.1) is 12.0 Å². The molecule has 0 aliphatic rings. The number of thioether (sulfide) groups is 1. The van der Waals surface area contributed by atoms with Crippen LogP contribution in [0.2, 0.25) is 0 Å². The van der Waals surface area contributed by atoms with E-state index in [1.54, 1.807) is 30.5 Å². The average molecular weight is 403 g/mol. The summed E-state index contributed by atoms with van der Waals surface area (Å²) in [6.07, 6.45) is 1.56. The van der Waals surface area contributed by atoms with E-state index in [0.717, 1.165) is 10.7 Å². The molecular weight excluding hydrogens is 389 g/mol. The van der Waals surface area contributed by atoms with Gasteiger partial charge >= 0.3 is 0 Å². The monoisotopic (exact) mass is 403 g/mol. The quantitative estimate of drug-likeness (QED) is 0.371. The molecule has 4 rings (SSSR count). The number of nitrogens with two attached hydrogens (primary N) is 1. The predicted octanol–water partition coefficient (Wildman–Crippen LogP) is 3.72. The van der Waals surface area contributed by atoms with Crippen LogP contribution in [-0.4, -0.2) is 19.9 Å². The standard InChI is InChI=1S/C17H14FN5O2S2/c18-11-3-5-13(6-4-11)25-8-15-20-12(9-26-15)10-27-17-22-21-16(23(17)19)14-2-1-7-24-14/h1-7,9H,8,10,19H2. The zero-order chi connectivity index (χ0) is 18.6. The van der Waals surface area contributed by atoms with Gasteiger partial charge < -0.3 is 15.0 Å². The Balaban J connectivity index is 1.34. The number of nitrogens with zero attached hydrogens (tertiary/aromatic N) is 4. The molecule has 4 aromatic rings. The lowest BCUT2D eigenvalue weighted by Gasteiger charge is -2.03. The Morgan fingerprint density at radius 3 is 2.85 bits per heavy atom. The van der Waals surface area contributed by atoms with Crippen molar-refractivity contribution in [2.75, 3.05) is 5.84 Å². The van der Waals surface area contributed by atoms with Gasteiger partial charge in [-0.15, -0.1) is 21.5 Å². The van der Waals surface area contributed by atoms with E-state index in [2.05, 4.69) is 15.2 Å². The summed E-state index contributed by atoms with van der Waals surface area (Å²) in [7, 11) is 0. The lowest BCUT2D eigenvalue weighted by molar-refractivity contribution is 0.305. The van der Waals surface area contributed by atoms with Crippen molar-refractivity contribution in [3.63, 3.8) is 0 Å². The minimum atomic E-state index is -0.293. The third kappa shape index (κ3) is 4.12. The number of hydrogen-bond acceptors (Lipinski definition) is 8. The number of benzene rings is 1. The topological polar surface area (TPSA) is 92.0 Å². The van der Waals surface area contributed by atoms with Crippen LogP contribution in [0.15, 0.2) is 57.6 Å². The van der Waals surface area contributed by atoms with E-state index in [1.165, 1.54) is 39.9 Å². The van der Waals surface area contributed by atoms with Gasteiger partial charge in [0.2, 0.25) is 11.0 Å². The second-order valence-electron chi connectivity index (χ2n) is 5.42. The largest absolute Gasteiger partial charge is 0.486 e. The molecule has 27 heavy (non-hydrogen) atoms. The van der Waals surface area contributed by atoms with E-state index in [0.29, 0.717) is 34.9 Å². The van der Waals surface area contributed by atoms with Crippen molar-refractivity contribution >= 4 is 23.1 Å². The summed E-state index contributed by atoms with van der Waals surface area (Å²) in [4.78, 5) is 4.53. The summed E-state index contributed by atoms with van der Waals surface area (Å²) in [6, 6.07) is 9.43. The first-order valence-electron chi connectivity index (χ1n) is 7.88. The lowest BCUT2D eigenvalue weighted by atomic mass is 10.3. The maximum Gasteiger partial charge on any atom is 0.218 e. The molecule has 3 aromatic heterocycles. The molecule has 0 fully saturated rings. The second-order valence-corrected chi connectivity index (χ2v) is 7.30. The minimum absolute atomic E-state index is 0.293. The van der Waals surface area contributed by atoms with Gasteiger partial charge in [-0.1, -0.05) is 11.8 Å². The Morgan fingerprint density at radius 1 is 1.22 bits per heavy atom. The van der Waals surface area contributed by atoms with Gasteiger partial charge in [-0.2, -0.15) is 0 Å². The maximum atomic E-state index is 12.9. The van der Waals surface area contributed by atoms with Gasteiger partial charge in [-0.05, 0) is 36.4 Å². The highest BCUT2D eigenvalue weighted by Crippen LogP contribution is 2.25. The Bertz CT molecular complexity index is 1010. The van der Waals surface area contributed by atoms with Gasteiger partial charge in [0.1, 0.15) is 23.2 Å². The Labute approximate surface area is 162 Å². The van der Waals surface area contributed by atoms with E-state index in [9.17, 15) is 4.39 Å². The average Bonchev–Trinajstić information content (AvgIpc) is 3.41. The number of nitrogen functional groups attached to an aromatic ring is 1. The molecule has 0 radical (unpaired) electrons. The molecular formula is C17H14FN5O2S2. The third-order valence-electron chi connectivity index (χ3n) is 3.53. The van der Waals surface area contributed by atoms with E-state index >= 15 is 0 Å². The molecule has 138 valence electrons. The highest BCUT2D eigenvalue weighted by atomic mass is 32.2. The van der Waals surface area contributed by atoms with Crippen molar-refractivity contribution in [1.82, 2.24) is 19.9 Å². The van der Waals surface area contributed by atoms with Gasteiger partial charge in [0.15, 0.2) is 5.76 Å². The van der Waals surface area contributed by atoms with Crippen molar-refractivity contribution in [3.05, 3.63) is 64.6 Å². The summed E-state index contributed by atoms with van der Waals surface area (Å²) in [5.41, 5.74) is 0.894. The Kier molecular flexibility index (Phi) is 5.07. The molecule has 10 heteroatoms. The minimum Gasteiger partial charge on any atom is -0.486 e. The fourth-order valence-corrected chi connectivity index (χ4v) is 3.80. The molecule has 2 N–H and O–H groups in total. The van der Waals surface area contributed by atoms with Gasteiger partial charge in [0.25, 0.3) is 0 Å². The molecule has 0 spiro atoms. The van der Waals surface area contributed by atoms with E-state index in [1.807, 2.05) is 5.38 Å². The van der Waals surface area contributed by atoms with Gasteiger partial charge in [0, 0.05) is 11.1 Å². The summed E-state index contributed by atoms with van der Waals surface area (Å²) in [5, 5.41) is 11.5. The van der Waals surface area contributed by atoms with Crippen LogP contribution < -0.4 is 10.6 Å². The molecule has 7 nitrogen and oxygen atoms in total. The highest BCUT2D eigenvalue weighted by Gasteiger charge is 2.15. The molecule has 1 aromatic carbocycles. The number of thiazole rings is 1. The summed E-state index contributed by atoms with van der Waals surface area (Å²) >= 11 is 2.93. The molecule has 0 aliphatic carbocycles. The molecule has 0 amide bonds. The summed E-state index contributed by atoms with van der Waals surface area (Å²) in [5.74, 6) is 7.97. The smallest absolute Gasteiger partial charge is 0.218 e. The number of halogens is 1. The number of aromatic nitrogens is 4. The highest BCUT2D eigenvalue weighted by molar-refractivity contribution is 7.98. The van der Waals surface area contributed by atoms with Crippen LogP contribution in [0.25, 0.3) is 11.6 Å². The molecule has 3 heterocycles. The molecule has 0 atom stereocenters. The Morgan fingerprint density at radius 2 is 2.07 bits per heavy atom. The second kappa shape index (κ2) is 7.80. The first kappa shape index (κ1) is 17.6. The summed E-state index contributed by atoms with van der Waals surface area (Å²) in [6.45, 7) is 0.330. The van der Waals surface area contributed by atoms with Crippen LogP contribution >= 0.6 is 23.1 Å². The fourth-order valence-electron chi connectivity index (χ4n) is 2.25. The first-order chi connectivity index (χ1) is 13.2. The van der Waals surface area contributed by atoms with Crippen molar-refractivity contribution < 1.29 is 13.5 Å². The zero-order valence-corrected chi connectivity index (χ0v) is 15.5. The van der Waals surface area contributed by atoms with Crippen LogP contribution in [0.4, 0.5) is 4.39 Å². The molecule has 0 bridgehead atoms. The SMILES string of the molecule is Nn1c(SCc2csc(COc3ccc(F)cc3)n2)nnc1-c1ccco1. The van der Waals surface area contributed by atoms with Gasteiger partial charge in [-0.3, -0.25) is 0 Å². The van der Waals surface area contributed by atoms with Crippen LogP contribution in [0.5, 0.6) is 5.75 Å². The van der Waals surface area contributed by atoms with Crippen LogP contribution in [0.1, 0.15) is 10.7 Å². The Hall–Kier alpha value is -2.85. The lowest BCUT2D eigenvalue weighted by Crippen LogP contribution is -2.11. The van der Waals surface area contributed by atoms with Crippen molar-refractivity contribution in [3.8, 4) is 17.3 Å². The van der Waals surface area contributed by atoms with E-state index in [4.69, 9.17) is 15.0 Å². The third-order valence-corrected chi connectivity index (χ3v) is 5.38. The predicted molar refractivity (Wildman–Crippen MR) is 100 cm³/mol. The fraction of sp³-hybridized carbons (Fsp3) is 0.118. The first-order valence-corrected chi connectivity index (χ1v) is 9.74. The van der Waals surface area contributed by atoms with Crippen LogP contribution in [-0.2, 0) is 12.4 Å². The van der Waals surface area contributed by atoms with Crippen LogP contribution in [0, 0.1) is 5.82 Å². The normalized spacial score (nSPS) is 11.0. The number of rotatable bonds is 7. The molecule has 0 unspecified atom stereocenters. The molecule has 0 saturated carbocycles.